The normalized spacial score (nSPS) is 28.3. The molecule has 0 radical (unpaired) electrons. The predicted molar refractivity (Wildman–Crippen MR) is 43.0 cm³/mol. The summed E-state index contributed by atoms with van der Waals surface area (Å²) in [6.07, 6.45) is 5.90. The molecule has 0 N–H and O–H groups in total. The molecule has 2 heterocycles. The first-order valence-corrected chi connectivity index (χ1v) is 4.49. The molecule has 0 spiro atoms. The third-order valence-corrected chi connectivity index (χ3v) is 3.22. The SMILES string of the molecule is N#CCC12CCCN1CCC2. The van der Waals surface area contributed by atoms with Crippen LogP contribution < -0.4 is 0 Å². The molecule has 2 rings (SSSR count). The Bertz CT molecular complexity index is 182. The van der Waals surface area contributed by atoms with E-state index in [0.29, 0.717) is 5.54 Å². The van der Waals surface area contributed by atoms with Gasteiger partial charge in [-0.2, -0.15) is 5.26 Å². The summed E-state index contributed by atoms with van der Waals surface area (Å²) in [7, 11) is 0. The molecule has 0 aliphatic carbocycles. The van der Waals surface area contributed by atoms with Crippen LogP contribution in [-0.4, -0.2) is 23.5 Å². The molecule has 60 valence electrons. The Hall–Kier alpha value is -0.550. The second-order valence-corrected chi connectivity index (χ2v) is 3.75. The molecule has 0 aromatic heterocycles. The van der Waals surface area contributed by atoms with Gasteiger partial charge in [-0.1, -0.05) is 0 Å². The van der Waals surface area contributed by atoms with E-state index in [9.17, 15) is 0 Å². The number of hydrogen-bond donors (Lipinski definition) is 0. The molecule has 0 atom stereocenters. The Labute approximate surface area is 67.8 Å². The van der Waals surface area contributed by atoms with Crippen molar-refractivity contribution in [2.45, 2.75) is 37.6 Å². The van der Waals surface area contributed by atoms with Crippen molar-refractivity contribution >= 4 is 0 Å². The van der Waals surface area contributed by atoms with Gasteiger partial charge in [0.15, 0.2) is 0 Å². The Morgan fingerprint density at radius 1 is 1.27 bits per heavy atom. The third kappa shape index (κ3) is 0.954. The zero-order valence-electron chi connectivity index (χ0n) is 6.84. The first kappa shape index (κ1) is 7.12. The maximum absolute atomic E-state index is 8.69. The second-order valence-electron chi connectivity index (χ2n) is 3.75. The summed E-state index contributed by atoms with van der Waals surface area (Å²) in [5, 5.41) is 8.69. The van der Waals surface area contributed by atoms with Crippen LogP contribution in [0.5, 0.6) is 0 Å². The van der Waals surface area contributed by atoms with Gasteiger partial charge in [-0.3, -0.25) is 4.90 Å². The molecular formula is C9H14N2. The van der Waals surface area contributed by atoms with Crippen LogP contribution in [0.4, 0.5) is 0 Å². The molecule has 0 unspecified atom stereocenters. The van der Waals surface area contributed by atoms with E-state index in [1.165, 1.54) is 38.8 Å². The van der Waals surface area contributed by atoms with Crippen LogP contribution in [0.2, 0.25) is 0 Å². The Morgan fingerprint density at radius 2 is 1.91 bits per heavy atom. The topological polar surface area (TPSA) is 27.0 Å². The van der Waals surface area contributed by atoms with E-state index in [4.69, 9.17) is 5.26 Å². The number of rotatable bonds is 1. The van der Waals surface area contributed by atoms with Crippen LogP contribution in [-0.2, 0) is 0 Å². The Morgan fingerprint density at radius 3 is 2.45 bits per heavy atom. The molecule has 2 heteroatoms. The van der Waals surface area contributed by atoms with E-state index in [2.05, 4.69) is 11.0 Å². The summed E-state index contributed by atoms with van der Waals surface area (Å²) >= 11 is 0. The highest BCUT2D eigenvalue weighted by molar-refractivity contribution is 5.04. The van der Waals surface area contributed by atoms with Crippen LogP contribution in [0, 0.1) is 11.3 Å². The predicted octanol–water partition coefficient (Wildman–Crippen LogP) is 1.53. The molecule has 0 amide bonds. The van der Waals surface area contributed by atoms with Gasteiger partial charge < -0.3 is 0 Å². The molecule has 2 fully saturated rings. The molecule has 11 heavy (non-hydrogen) atoms. The molecule has 0 bridgehead atoms. The highest BCUT2D eigenvalue weighted by Crippen LogP contribution is 2.40. The monoisotopic (exact) mass is 150 g/mol. The summed E-state index contributed by atoms with van der Waals surface area (Å²) < 4.78 is 0. The van der Waals surface area contributed by atoms with Crippen molar-refractivity contribution in [3.05, 3.63) is 0 Å². The lowest BCUT2D eigenvalue weighted by Crippen LogP contribution is -2.37. The molecule has 0 saturated carbocycles. The van der Waals surface area contributed by atoms with Gasteiger partial charge in [0, 0.05) is 5.54 Å². The third-order valence-electron chi connectivity index (χ3n) is 3.22. The highest BCUT2D eigenvalue weighted by atomic mass is 15.2. The van der Waals surface area contributed by atoms with Crippen molar-refractivity contribution in [2.75, 3.05) is 13.1 Å². The van der Waals surface area contributed by atoms with E-state index in [-0.39, 0.29) is 0 Å². The minimum atomic E-state index is 0.328. The van der Waals surface area contributed by atoms with E-state index >= 15 is 0 Å². The average molecular weight is 150 g/mol. The molecule has 2 aliphatic heterocycles. The van der Waals surface area contributed by atoms with Gasteiger partial charge in [-0.15, -0.1) is 0 Å². The Balaban J connectivity index is 2.14. The molecule has 0 aromatic rings. The van der Waals surface area contributed by atoms with Gasteiger partial charge in [-0.05, 0) is 38.8 Å². The van der Waals surface area contributed by atoms with Crippen LogP contribution >= 0.6 is 0 Å². The summed E-state index contributed by atoms with van der Waals surface area (Å²) in [6.45, 7) is 2.48. The number of nitriles is 1. The van der Waals surface area contributed by atoms with Crippen molar-refractivity contribution in [2.24, 2.45) is 0 Å². The number of fused-ring (bicyclic) bond motifs is 1. The summed E-state index contributed by atoms with van der Waals surface area (Å²) in [6, 6.07) is 2.33. The van der Waals surface area contributed by atoms with Crippen LogP contribution in [0.1, 0.15) is 32.1 Å². The maximum atomic E-state index is 8.69. The van der Waals surface area contributed by atoms with Gasteiger partial charge in [0.05, 0.1) is 12.5 Å². The van der Waals surface area contributed by atoms with E-state index in [1.54, 1.807) is 0 Å². The average Bonchev–Trinajstić information content (AvgIpc) is 2.45. The standard InChI is InChI=1S/C9H14N2/c10-6-5-9-3-1-7-11(9)8-2-4-9/h1-5,7-8H2. The van der Waals surface area contributed by atoms with E-state index < -0.39 is 0 Å². The largest absolute Gasteiger partial charge is 0.297 e. The summed E-state index contributed by atoms with van der Waals surface area (Å²) in [5.41, 5.74) is 0.328. The fourth-order valence-corrected chi connectivity index (χ4v) is 2.66. The lowest BCUT2D eigenvalue weighted by atomic mass is 9.91. The summed E-state index contributed by atoms with van der Waals surface area (Å²) in [4.78, 5) is 2.52. The van der Waals surface area contributed by atoms with Gasteiger partial charge >= 0.3 is 0 Å². The summed E-state index contributed by atoms with van der Waals surface area (Å²) in [5.74, 6) is 0. The minimum Gasteiger partial charge on any atom is -0.297 e. The lowest BCUT2D eigenvalue weighted by molar-refractivity contribution is 0.200. The van der Waals surface area contributed by atoms with Crippen LogP contribution in [0.15, 0.2) is 0 Å². The molecule has 2 nitrogen and oxygen atoms in total. The van der Waals surface area contributed by atoms with Gasteiger partial charge in [0.1, 0.15) is 0 Å². The van der Waals surface area contributed by atoms with E-state index in [0.717, 1.165) is 6.42 Å². The quantitative estimate of drug-likeness (QED) is 0.566. The van der Waals surface area contributed by atoms with Crippen molar-refractivity contribution in [1.29, 1.82) is 5.26 Å². The Kier molecular flexibility index (Phi) is 1.61. The zero-order chi connectivity index (χ0) is 7.73. The number of hydrogen-bond acceptors (Lipinski definition) is 2. The highest BCUT2D eigenvalue weighted by Gasteiger charge is 2.43. The number of nitrogens with zero attached hydrogens (tertiary/aromatic N) is 2. The van der Waals surface area contributed by atoms with Crippen LogP contribution in [0.3, 0.4) is 0 Å². The molecule has 2 saturated heterocycles. The van der Waals surface area contributed by atoms with Crippen LogP contribution in [0.25, 0.3) is 0 Å². The maximum Gasteiger partial charge on any atom is 0.0641 e. The fourth-order valence-electron chi connectivity index (χ4n) is 2.66. The first-order valence-electron chi connectivity index (χ1n) is 4.49. The van der Waals surface area contributed by atoms with Crippen molar-refractivity contribution < 1.29 is 0 Å². The van der Waals surface area contributed by atoms with Gasteiger partial charge in [0.2, 0.25) is 0 Å². The lowest BCUT2D eigenvalue weighted by Gasteiger charge is -2.29. The van der Waals surface area contributed by atoms with Crippen molar-refractivity contribution in [3.63, 3.8) is 0 Å². The van der Waals surface area contributed by atoms with Gasteiger partial charge in [0.25, 0.3) is 0 Å². The fraction of sp³-hybridized carbons (Fsp3) is 0.889. The smallest absolute Gasteiger partial charge is 0.0641 e. The minimum absolute atomic E-state index is 0.328. The van der Waals surface area contributed by atoms with Crippen molar-refractivity contribution in [1.82, 2.24) is 4.90 Å². The van der Waals surface area contributed by atoms with Gasteiger partial charge in [-0.25, -0.2) is 0 Å². The zero-order valence-corrected chi connectivity index (χ0v) is 6.84. The molecule has 2 aliphatic rings. The second kappa shape index (κ2) is 2.49. The van der Waals surface area contributed by atoms with E-state index in [1.807, 2.05) is 0 Å². The van der Waals surface area contributed by atoms with Crippen molar-refractivity contribution in [3.8, 4) is 6.07 Å². The molecular weight excluding hydrogens is 136 g/mol. The molecule has 0 aromatic carbocycles. The first-order chi connectivity index (χ1) is 5.37.